The Kier molecular flexibility index (Phi) is 3.70. The fourth-order valence-corrected chi connectivity index (χ4v) is 4.08. The first-order chi connectivity index (χ1) is 13.2. The molecule has 0 radical (unpaired) electrons. The highest BCUT2D eigenvalue weighted by Crippen LogP contribution is 2.41. The van der Waals surface area contributed by atoms with E-state index in [1.807, 2.05) is 66.7 Å². The van der Waals surface area contributed by atoms with Crippen LogP contribution in [0.25, 0.3) is 33.4 Å². The predicted molar refractivity (Wildman–Crippen MR) is 111 cm³/mol. The molecule has 0 amide bonds. The number of rotatable bonds is 2. The van der Waals surface area contributed by atoms with Crippen LogP contribution in [-0.2, 0) is 0 Å². The van der Waals surface area contributed by atoms with E-state index in [1.54, 1.807) is 0 Å². The number of ketones is 1. The lowest BCUT2D eigenvalue weighted by atomic mass is 9.94. The number of carbonyl (C=O) groups is 1. The Labute approximate surface area is 162 Å². The van der Waals surface area contributed by atoms with Crippen LogP contribution in [0.15, 0.2) is 91.0 Å². The van der Waals surface area contributed by atoms with Crippen molar-refractivity contribution >= 4 is 17.4 Å². The van der Waals surface area contributed by atoms with Gasteiger partial charge in [-0.05, 0) is 33.9 Å². The fourth-order valence-electron chi connectivity index (χ4n) is 3.84. The normalized spacial score (nSPS) is 12.0. The summed E-state index contributed by atoms with van der Waals surface area (Å²) in [5.41, 5.74) is 7.69. The molecule has 0 spiro atoms. The number of hydrogen-bond donors (Lipinski definition) is 0. The first-order valence-corrected chi connectivity index (χ1v) is 9.24. The van der Waals surface area contributed by atoms with Crippen LogP contribution in [0.4, 0.5) is 0 Å². The van der Waals surface area contributed by atoms with Gasteiger partial charge in [0.2, 0.25) is 0 Å². The van der Waals surface area contributed by atoms with Crippen LogP contribution in [-0.4, -0.2) is 5.78 Å². The van der Waals surface area contributed by atoms with Crippen molar-refractivity contribution in [2.24, 2.45) is 0 Å². The molecular formula is C25H15ClO. The Morgan fingerprint density at radius 2 is 1.00 bits per heavy atom. The highest BCUT2D eigenvalue weighted by Gasteiger charge is 2.28. The second-order valence-electron chi connectivity index (χ2n) is 6.66. The summed E-state index contributed by atoms with van der Waals surface area (Å²) in [6, 6.07) is 29.9. The third-order valence-electron chi connectivity index (χ3n) is 5.13. The smallest absolute Gasteiger partial charge is 0.194 e. The molecule has 0 atom stereocenters. The lowest BCUT2D eigenvalue weighted by Gasteiger charge is -2.10. The Morgan fingerprint density at radius 1 is 0.481 bits per heavy atom. The number of carbonyl (C=O) groups excluding carboxylic acids is 1. The zero-order chi connectivity index (χ0) is 18.4. The minimum absolute atomic E-state index is 0.103. The molecule has 0 heterocycles. The van der Waals surface area contributed by atoms with E-state index in [0.717, 1.165) is 49.5 Å². The number of fused-ring (bicyclic) bond motifs is 3. The summed E-state index contributed by atoms with van der Waals surface area (Å²) in [4.78, 5) is 13.0. The summed E-state index contributed by atoms with van der Waals surface area (Å²) in [5.74, 6) is 0.103. The maximum Gasteiger partial charge on any atom is 0.194 e. The predicted octanol–water partition coefficient (Wildman–Crippen LogP) is 6.89. The van der Waals surface area contributed by atoms with E-state index in [4.69, 9.17) is 11.6 Å². The third-order valence-corrected chi connectivity index (χ3v) is 5.46. The highest BCUT2D eigenvalue weighted by molar-refractivity contribution is 6.33. The van der Waals surface area contributed by atoms with Crippen molar-refractivity contribution in [3.05, 3.63) is 107 Å². The summed E-state index contributed by atoms with van der Waals surface area (Å²) in [5, 5.41) is 0.733. The zero-order valence-corrected chi connectivity index (χ0v) is 15.2. The summed E-state index contributed by atoms with van der Waals surface area (Å²) in [6.07, 6.45) is 0. The van der Waals surface area contributed by atoms with E-state index in [2.05, 4.69) is 24.3 Å². The molecule has 0 N–H and O–H groups in total. The van der Waals surface area contributed by atoms with Gasteiger partial charge in [0.05, 0.1) is 0 Å². The molecule has 5 rings (SSSR count). The van der Waals surface area contributed by atoms with Crippen molar-refractivity contribution in [1.29, 1.82) is 0 Å². The molecule has 1 aliphatic carbocycles. The highest BCUT2D eigenvalue weighted by atomic mass is 35.5. The molecule has 0 unspecified atom stereocenters. The van der Waals surface area contributed by atoms with Gasteiger partial charge < -0.3 is 0 Å². The molecule has 0 bridgehead atoms. The third kappa shape index (κ3) is 2.51. The quantitative estimate of drug-likeness (QED) is 0.332. The van der Waals surface area contributed by atoms with Crippen molar-refractivity contribution in [3.8, 4) is 33.4 Å². The molecular weight excluding hydrogens is 352 g/mol. The fraction of sp³-hybridized carbons (Fsp3) is 0. The standard InChI is InChI=1S/C25H15ClO/c26-23-11-4-3-6-18(23)16-12-14-17(15-13-16)19-9-5-10-21-20-7-1-2-8-22(20)25(27)24(19)21/h1-15H. The molecule has 4 aromatic rings. The van der Waals surface area contributed by atoms with E-state index in [0.29, 0.717) is 0 Å². The van der Waals surface area contributed by atoms with Gasteiger partial charge in [-0.2, -0.15) is 0 Å². The van der Waals surface area contributed by atoms with Gasteiger partial charge in [-0.25, -0.2) is 0 Å². The average molecular weight is 367 g/mol. The second-order valence-corrected chi connectivity index (χ2v) is 7.07. The average Bonchev–Trinajstić information content (AvgIpc) is 3.02. The maximum absolute atomic E-state index is 13.0. The second kappa shape index (κ2) is 6.22. The number of hydrogen-bond acceptors (Lipinski definition) is 1. The Hall–Kier alpha value is -3.16. The molecule has 2 heteroatoms. The molecule has 0 saturated carbocycles. The van der Waals surface area contributed by atoms with Crippen molar-refractivity contribution in [2.45, 2.75) is 0 Å². The van der Waals surface area contributed by atoms with Crippen LogP contribution >= 0.6 is 11.6 Å². The maximum atomic E-state index is 13.0. The van der Waals surface area contributed by atoms with Crippen molar-refractivity contribution in [1.82, 2.24) is 0 Å². The molecule has 0 aliphatic heterocycles. The first kappa shape index (κ1) is 16.0. The van der Waals surface area contributed by atoms with E-state index in [-0.39, 0.29) is 5.78 Å². The van der Waals surface area contributed by atoms with Gasteiger partial charge in [0.15, 0.2) is 5.78 Å². The Balaban J connectivity index is 1.62. The molecule has 1 nitrogen and oxygen atoms in total. The van der Waals surface area contributed by atoms with Crippen molar-refractivity contribution in [3.63, 3.8) is 0 Å². The van der Waals surface area contributed by atoms with Gasteiger partial charge in [0.1, 0.15) is 0 Å². The number of benzene rings is 4. The minimum atomic E-state index is 0.103. The van der Waals surface area contributed by atoms with E-state index >= 15 is 0 Å². The molecule has 0 fully saturated rings. The van der Waals surface area contributed by atoms with E-state index in [9.17, 15) is 4.79 Å². The summed E-state index contributed by atoms with van der Waals surface area (Å²) < 4.78 is 0. The molecule has 0 aromatic heterocycles. The van der Waals surface area contributed by atoms with Gasteiger partial charge in [-0.1, -0.05) is 96.5 Å². The van der Waals surface area contributed by atoms with E-state index in [1.165, 1.54) is 0 Å². The summed E-state index contributed by atoms with van der Waals surface area (Å²) in [6.45, 7) is 0. The van der Waals surface area contributed by atoms with Gasteiger partial charge in [-0.3, -0.25) is 4.79 Å². The number of halogens is 1. The molecule has 0 saturated heterocycles. The molecule has 27 heavy (non-hydrogen) atoms. The Morgan fingerprint density at radius 3 is 1.70 bits per heavy atom. The van der Waals surface area contributed by atoms with Gasteiger partial charge in [-0.15, -0.1) is 0 Å². The van der Waals surface area contributed by atoms with Gasteiger partial charge >= 0.3 is 0 Å². The first-order valence-electron chi connectivity index (χ1n) is 8.86. The zero-order valence-electron chi connectivity index (χ0n) is 14.4. The van der Waals surface area contributed by atoms with Crippen LogP contribution in [0.1, 0.15) is 15.9 Å². The molecule has 1 aliphatic rings. The summed E-state index contributed by atoms with van der Waals surface area (Å²) >= 11 is 6.32. The topological polar surface area (TPSA) is 17.1 Å². The monoisotopic (exact) mass is 366 g/mol. The summed E-state index contributed by atoms with van der Waals surface area (Å²) in [7, 11) is 0. The van der Waals surface area contributed by atoms with Crippen LogP contribution in [0.5, 0.6) is 0 Å². The van der Waals surface area contributed by atoms with Crippen LogP contribution in [0.2, 0.25) is 5.02 Å². The van der Waals surface area contributed by atoms with Crippen LogP contribution in [0.3, 0.4) is 0 Å². The van der Waals surface area contributed by atoms with Gasteiger partial charge in [0, 0.05) is 21.7 Å². The Bertz CT molecular complexity index is 1190. The molecule has 128 valence electrons. The van der Waals surface area contributed by atoms with Gasteiger partial charge in [0.25, 0.3) is 0 Å². The SMILES string of the molecule is O=C1c2ccccc2-c2cccc(-c3ccc(-c4ccccc4Cl)cc3)c21. The largest absolute Gasteiger partial charge is 0.289 e. The van der Waals surface area contributed by atoms with Crippen molar-refractivity contribution < 1.29 is 4.79 Å². The minimum Gasteiger partial charge on any atom is -0.289 e. The lowest BCUT2D eigenvalue weighted by Crippen LogP contribution is -1.98. The lowest BCUT2D eigenvalue weighted by molar-refractivity contribution is 0.104. The van der Waals surface area contributed by atoms with Crippen LogP contribution in [0, 0.1) is 0 Å². The van der Waals surface area contributed by atoms with E-state index < -0.39 is 0 Å². The molecule has 4 aromatic carbocycles. The van der Waals surface area contributed by atoms with Crippen molar-refractivity contribution in [2.75, 3.05) is 0 Å². The van der Waals surface area contributed by atoms with Crippen LogP contribution < -0.4 is 0 Å².